The summed E-state index contributed by atoms with van der Waals surface area (Å²) in [6, 6.07) is 15.3. The Hall–Kier alpha value is -2.50. The fourth-order valence-corrected chi connectivity index (χ4v) is 3.76. The van der Waals surface area contributed by atoms with E-state index in [0.29, 0.717) is 33.7 Å². The van der Waals surface area contributed by atoms with Gasteiger partial charge in [-0.15, -0.1) is 0 Å². The van der Waals surface area contributed by atoms with Crippen LogP contribution in [0.4, 0.5) is 11.4 Å². The summed E-state index contributed by atoms with van der Waals surface area (Å²) in [5, 5.41) is 8.26. The predicted molar refractivity (Wildman–Crippen MR) is 120 cm³/mol. The van der Waals surface area contributed by atoms with E-state index in [1.54, 1.807) is 11.6 Å². The minimum absolute atomic E-state index is 0.284. The molecule has 152 valence electrons. The molecule has 29 heavy (non-hydrogen) atoms. The Kier molecular flexibility index (Phi) is 6.83. The van der Waals surface area contributed by atoms with Gasteiger partial charge in [-0.25, -0.2) is 4.68 Å². The molecule has 3 rings (SSSR count). The summed E-state index contributed by atoms with van der Waals surface area (Å²) in [6.07, 6.45) is 0. The van der Waals surface area contributed by atoms with Gasteiger partial charge in [0.1, 0.15) is 5.15 Å². The maximum Gasteiger partial charge on any atom is 0.260 e. The molecule has 0 saturated carbocycles. The molecule has 0 fully saturated rings. The molecule has 0 aliphatic carbocycles. The van der Waals surface area contributed by atoms with E-state index < -0.39 is 0 Å². The Bertz CT molecular complexity index is 995. The number of rotatable bonds is 7. The van der Waals surface area contributed by atoms with Crippen LogP contribution in [0.25, 0.3) is 0 Å². The quantitative estimate of drug-likeness (QED) is 0.526. The number of benzene rings is 2. The average molecular weight is 431 g/mol. The fourth-order valence-electron chi connectivity index (χ4n) is 3.24. The van der Waals surface area contributed by atoms with Crippen LogP contribution in [0.5, 0.6) is 0 Å². The van der Waals surface area contributed by atoms with Gasteiger partial charge in [-0.1, -0.05) is 41.4 Å². The van der Waals surface area contributed by atoms with E-state index in [1.165, 1.54) is 0 Å². The summed E-state index contributed by atoms with van der Waals surface area (Å²) in [5.74, 6) is -0.284. The van der Waals surface area contributed by atoms with Crippen molar-refractivity contribution < 1.29 is 4.79 Å². The minimum Gasteiger partial charge on any atom is -0.372 e. The number of anilines is 2. The molecule has 3 aromatic rings. The van der Waals surface area contributed by atoms with Crippen molar-refractivity contribution in [2.45, 2.75) is 27.3 Å². The molecule has 0 saturated heterocycles. The summed E-state index contributed by atoms with van der Waals surface area (Å²) in [7, 11) is 0. The van der Waals surface area contributed by atoms with Crippen molar-refractivity contribution in [1.29, 1.82) is 0 Å². The highest BCUT2D eigenvalue weighted by Crippen LogP contribution is 2.25. The third kappa shape index (κ3) is 4.74. The van der Waals surface area contributed by atoms with Gasteiger partial charge in [0.05, 0.1) is 17.8 Å². The Morgan fingerprint density at radius 2 is 1.72 bits per heavy atom. The lowest BCUT2D eigenvalue weighted by Crippen LogP contribution is -2.21. The van der Waals surface area contributed by atoms with Gasteiger partial charge < -0.3 is 10.2 Å². The monoisotopic (exact) mass is 430 g/mol. The molecule has 0 spiro atoms. The largest absolute Gasteiger partial charge is 0.372 e. The summed E-state index contributed by atoms with van der Waals surface area (Å²) >= 11 is 12.7. The number of carbonyl (C=O) groups is 1. The van der Waals surface area contributed by atoms with Crippen molar-refractivity contribution in [3.05, 3.63) is 75.5 Å². The van der Waals surface area contributed by atoms with Gasteiger partial charge in [0.15, 0.2) is 0 Å². The smallest absolute Gasteiger partial charge is 0.260 e. The molecule has 0 atom stereocenters. The summed E-state index contributed by atoms with van der Waals surface area (Å²) < 4.78 is 1.59. The molecule has 5 nitrogen and oxygen atoms in total. The van der Waals surface area contributed by atoms with E-state index in [0.717, 1.165) is 24.3 Å². The maximum absolute atomic E-state index is 12.8. The Balaban J connectivity index is 1.78. The second-order valence-corrected chi connectivity index (χ2v) is 7.44. The molecular weight excluding hydrogens is 407 g/mol. The Morgan fingerprint density at radius 1 is 1.07 bits per heavy atom. The number of nitrogens with zero attached hydrogens (tertiary/aromatic N) is 3. The molecular formula is C22H24Cl2N4O. The molecule has 1 amide bonds. The normalized spacial score (nSPS) is 10.8. The topological polar surface area (TPSA) is 50.2 Å². The highest BCUT2D eigenvalue weighted by Gasteiger charge is 2.21. The van der Waals surface area contributed by atoms with Crippen LogP contribution in [0, 0.1) is 6.92 Å². The first-order valence-electron chi connectivity index (χ1n) is 9.57. The van der Waals surface area contributed by atoms with Gasteiger partial charge in [0.25, 0.3) is 5.91 Å². The first kappa shape index (κ1) is 21.2. The summed E-state index contributed by atoms with van der Waals surface area (Å²) in [5.41, 5.74) is 3.65. The van der Waals surface area contributed by atoms with Crippen molar-refractivity contribution in [3.63, 3.8) is 0 Å². The minimum atomic E-state index is -0.284. The fraction of sp³-hybridized carbons (Fsp3) is 0.273. The number of nitrogens with one attached hydrogen (secondary N) is 1. The number of aryl methyl sites for hydroxylation is 1. The number of hydrogen-bond donors (Lipinski definition) is 1. The molecule has 1 N–H and O–H groups in total. The number of aromatic nitrogens is 2. The molecule has 0 radical (unpaired) electrons. The second-order valence-electron chi connectivity index (χ2n) is 6.67. The van der Waals surface area contributed by atoms with E-state index >= 15 is 0 Å². The maximum atomic E-state index is 12.8. The van der Waals surface area contributed by atoms with Crippen molar-refractivity contribution in [1.82, 2.24) is 9.78 Å². The zero-order valence-corrected chi connectivity index (χ0v) is 18.3. The van der Waals surface area contributed by atoms with Crippen LogP contribution in [-0.4, -0.2) is 28.8 Å². The van der Waals surface area contributed by atoms with E-state index in [2.05, 4.69) is 29.2 Å². The molecule has 0 aliphatic heterocycles. The highest BCUT2D eigenvalue weighted by molar-refractivity contribution is 6.34. The number of halogens is 2. The van der Waals surface area contributed by atoms with Crippen LogP contribution in [0.1, 0.15) is 35.5 Å². The molecule has 7 heteroatoms. The lowest BCUT2D eigenvalue weighted by Gasteiger charge is -2.21. The second kappa shape index (κ2) is 9.33. The molecule has 2 aromatic carbocycles. The van der Waals surface area contributed by atoms with Gasteiger partial charge >= 0.3 is 0 Å². The SMILES string of the molecule is CCN(CC)c1ccc(NC(=O)c2c(C)nn(Cc3ccccc3Cl)c2Cl)cc1. The van der Waals surface area contributed by atoms with Crippen LogP contribution in [0.15, 0.2) is 48.5 Å². The van der Waals surface area contributed by atoms with Gasteiger partial charge in [-0.05, 0) is 56.7 Å². The van der Waals surface area contributed by atoms with Crippen LogP contribution in [-0.2, 0) is 6.54 Å². The summed E-state index contributed by atoms with van der Waals surface area (Å²) in [6.45, 7) is 8.26. The van der Waals surface area contributed by atoms with Gasteiger partial charge in [0.2, 0.25) is 0 Å². The molecule has 0 aliphatic rings. The van der Waals surface area contributed by atoms with E-state index in [4.69, 9.17) is 23.2 Å². The average Bonchev–Trinajstić information content (AvgIpc) is 2.99. The number of carbonyl (C=O) groups excluding carboxylic acids is 1. The highest BCUT2D eigenvalue weighted by atomic mass is 35.5. The Morgan fingerprint density at radius 3 is 2.34 bits per heavy atom. The van der Waals surface area contributed by atoms with Crippen molar-refractivity contribution in [2.24, 2.45) is 0 Å². The molecule has 1 aromatic heterocycles. The summed E-state index contributed by atoms with van der Waals surface area (Å²) in [4.78, 5) is 15.1. The lowest BCUT2D eigenvalue weighted by molar-refractivity contribution is 0.102. The third-order valence-corrected chi connectivity index (χ3v) is 5.58. The van der Waals surface area contributed by atoms with E-state index in [1.807, 2.05) is 48.5 Å². The molecule has 1 heterocycles. The first-order valence-corrected chi connectivity index (χ1v) is 10.3. The van der Waals surface area contributed by atoms with Crippen LogP contribution < -0.4 is 10.2 Å². The number of hydrogen-bond acceptors (Lipinski definition) is 3. The van der Waals surface area contributed by atoms with Crippen LogP contribution >= 0.6 is 23.2 Å². The van der Waals surface area contributed by atoms with Crippen LogP contribution in [0.2, 0.25) is 10.2 Å². The first-order chi connectivity index (χ1) is 13.9. The Labute approximate surface area is 181 Å². The van der Waals surface area contributed by atoms with Gasteiger partial charge in [-0.2, -0.15) is 5.10 Å². The van der Waals surface area contributed by atoms with E-state index in [9.17, 15) is 4.79 Å². The van der Waals surface area contributed by atoms with Crippen LogP contribution in [0.3, 0.4) is 0 Å². The third-order valence-electron chi connectivity index (χ3n) is 4.82. The zero-order chi connectivity index (χ0) is 21.0. The van der Waals surface area contributed by atoms with E-state index in [-0.39, 0.29) is 5.91 Å². The van der Waals surface area contributed by atoms with Crippen molar-refractivity contribution >= 4 is 40.5 Å². The van der Waals surface area contributed by atoms with Gasteiger partial charge in [-0.3, -0.25) is 4.79 Å². The lowest BCUT2D eigenvalue weighted by atomic mass is 10.2. The standard InChI is InChI=1S/C22H24Cl2N4O/c1-4-27(5-2)18-12-10-17(11-13-18)25-22(29)20-15(3)26-28(21(20)24)14-16-8-6-7-9-19(16)23/h6-13H,4-5,14H2,1-3H3,(H,25,29). The molecule has 0 bridgehead atoms. The van der Waals surface area contributed by atoms with Gasteiger partial charge in [0, 0.05) is 29.5 Å². The molecule has 0 unspecified atom stereocenters. The van der Waals surface area contributed by atoms with Crippen molar-refractivity contribution in [2.75, 3.05) is 23.3 Å². The van der Waals surface area contributed by atoms with Crippen molar-refractivity contribution in [3.8, 4) is 0 Å². The predicted octanol–water partition coefficient (Wildman–Crippen LogP) is 5.65. The zero-order valence-electron chi connectivity index (χ0n) is 16.7. The number of amides is 1.